The van der Waals surface area contributed by atoms with Crippen LogP contribution in [0, 0.1) is 0 Å². The van der Waals surface area contributed by atoms with E-state index in [1.807, 2.05) is 0 Å². The van der Waals surface area contributed by atoms with Crippen LogP contribution in [0.25, 0.3) is 0 Å². The van der Waals surface area contributed by atoms with E-state index < -0.39 is 40.9 Å². The van der Waals surface area contributed by atoms with Crippen LogP contribution in [0.2, 0.25) is 0 Å². The second-order valence-corrected chi connectivity index (χ2v) is 5.55. The zero-order valence-electron chi connectivity index (χ0n) is 10.1. The number of nitrogens with zero attached hydrogens (tertiary/aromatic N) is 1. The van der Waals surface area contributed by atoms with Crippen molar-refractivity contribution in [3.8, 4) is 0 Å². The predicted molar refractivity (Wildman–Crippen MR) is 67.0 cm³/mol. The average Bonchev–Trinajstić information content (AvgIpc) is 2.53. The van der Waals surface area contributed by atoms with Gasteiger partial charge in [-0.25, -0.2) is 8.60 Å². The third kappa shape index (κ3) is 2.71. The third-order valence-corrected chi connectivity index (χ3v) is 3.64. The van der Waals surface area contributed by atoms with E-state index in [1.54, 1.807) is 12.1 Å². The molecule has 0 saturated carbocycles. The molecule has 0 radical (unpaired) electrons. The van der Waals surface area contributed by atoms with Gasteiger partial charge in [0.1, 0.15) is 5.67 Å². The number of rotatable bonds is 4. The van der Waals surface area contributed by atoms with Crippen LogP contribution in [0.1, 0.15) is 27.6 Å². The van der Waals surface area contributed by atoms with Crippen molar-refractivity contribution in [3.63, 3.8) is 0 Å². The number of benzene rings is 1. The Morgan fingerprint density at radius 2 is 1.74 bits per heavy atom. The molecular weight excluding hydrogens is 273 g/mol. The summed E-state index contributed by atoms with van der Waals surface area (Å²) in [4.78, 5) is 24.7. The molecule has 1 aliphatic heterocycles. The molecule has 19 heavy (non-hydrogen) atoms. The second kappa shape index (κ2) is 4.82. The van der Waals surface area contributed by atoms with Gasteiger partial charge < -0.3 is 4.55 Å². The number of hydrogen-bond donors (Lipinski definition) is 1. The van der Waals surface area contributed by atoms with Gasteiger partial charge in [0.2, 0.25) is 0 Å². The van der Waals surface area contributed by atoms with Crippen LogP contribution in [0.3, 0.4) is 0 Å². The highest BCUT2D eigenvalue weighted by molar-refractivity contribution is 7.79. The van der Waals surface area contributed by atoms with Crippen molar-refractivity contribution in [1.82, 2.24) is 4.90 Å². The normalized spacial score (nSPS) is 19.2. The molecule has 5 nitrogen and oxygen atoms in total. The van der Waals surface area contributed by atoms with Crippen molar-refractivity contribution >= 4 is 22.9 Å². The SMILES string of the molecule is CC(F)(CN1C(=O)c2ccccc2C1=O)CS(=O)O. The highest BCUT2D eigenvalue weighted by Gasteiger charge is 2.40. The van der Waals surface area contributed by atoms with Crippen molar-refractivity contribution < 1.29 is 22.7 Å². The standard InChI is InChI=1S/C12H12FNO4S/c1-12(13,7-19(17)18)6-14-10(15)8-4-2-3-5-9(8)11(14)16/h2-5H,6-7H2,1H3,(H,17,18). The van der Waals surface area contributed by atoms with E-state index >= 15 is 0 Å². The quantitative estimate of drug-likeness (QED) is 0.667. The molecular formula is C12H12FNO4S. The summed E-state index contributed by atoms with van der Waals surface area (Å²) >= 11 is -2.33. The summed E-state index contributed by atoms with van der Waals surface area (Å²) in [6.45, 7) is 0.552. The third-order valence-electron chi connectivity index (χ3n) is 2.79. The summed E-state index contributed by atoms with van der Waals surface area (Å²) in [7, 11) is 0. The van der Waals surface area contributed by atoms with Crippen molar-refractivity contribution in [2.75, 3.05) is 12.3 Å². The Balaban J connectivity index is 2.23. The summed E-state index contributed by atoms with van der Waals surface area (Å²) in [6.07, 6.45) is 0. The van der Waals surface area contributed by atoms with Gasteiger partial charge in [-0.15, -0.1) is 0 Å². The monoisotopic (exact) mass is 285 g/mol. The molecule has 0 bridgehead atoms. The second-order valence-electron chi connectivity index (χ2n) is 4.62. The lowest BCUT2D eigenvalue weighted by Crippen LogP contribution is -2.44. The minimum Gasteiger partial charge on any atom is -0.306 e. The van der Waals surface area contributed by atoms with Gasteiger partial charge in [0.15, 0.2) is 11.1 Å². The number of halogens is 1. The van der Waals surface area contributed by atoms with Crippen LogP contribution in [0.5, 0.6) is 0 Å². The molecule has 1 heterocycles. The molecule has 7 heteroatoms. The lowest BCUT2D eigenvalue weighted by molar-refractivity contribution is 0.0550. The minimum atomic E-state index is -2.33. The molecule has 2 atom stereocenters. The topological polar surface area (TPSA) is 74.7 Å². The summed E-state index contributed by atoms with van der Waals surface area (Å²) in [5, 5.41) is 0. The largest absolute Gasteiger partial charge is 0.306 e. The molecule has 1 aromatic carbocycles. The zero-order chi connectivity index (χ0) is 14.2. The molecule has 2 amide bonds. The molecule has 0 spiro atoms. The number of alkyl halides is 1. The van der Waals surface area contributed by atoms with Crippen molar-refractivity contribution in [2.45, 2.75) is 12.6 Å². The number of amides is 2. The van der Waals surface area contributed by atoms with Crippen LogP contribution in [0.4, 0.5) is 4.39 Å². The predicted octanol–water partition coefficient (Wildman–Crippen LogP) is 1.23. The van der Waals surface area contributed by atoms with Gasteiger partial charge in [0, 0.05) is 0 Å². The zero-order valence-corrected chi connectivity index (χ0v) is 10.9. The van der Waals surface area contributed by atoms with E-state index in [-0.39, 0.29) is 11.1 Å². The van der Waals surface area contributed by atoms with E-state index in [0.29, 0.717) is 0 Å². The Labute approximate surface area is 111 Å². The highest BCUT2D eigenvalue weighted by atomic mass is 32.2. The Bertz CT molecular complexity index is 538. The van der Waals surface area contributed by atoms with Gasteiger partial charge in [-0.3, -0.25) is 14.5 Å². The van der Waals surface area contributed by atoms with Crippen LogP contribution in [-0.2, 0) is 11.1 Å². The molecule has 0 fully saturated rings. The Morgan fingerprint density at radius 1 is 1.26 bits per heavy atom. The maximum absolute atomic E-state index is 14.1. The molecule has 1 aromatic rings. The Hall–Kier alpha value is -1.60. The first-order valence-electron chi connectivity index (χ1n) is 5.53. The number of fused-ring (bicyclic) bond motifs is 1. The van der Waals surface area contributed by atoms with Gasteiger partial charge in [-0.2, -0.15) is 0 Å². The van der Waals surface area contributed by atoms with Crippen molar-refractivity contribution in [1.29, 1.82) is 0 Å². The van der Waals surface area contributed by atoms with E-state index in [1.165, 1.54) is 12.1 Å². The van der Waals surface area contributed by atoms with Crippen LogP contribution < -0.4 is 0 Å². The summed E-state index contributed by atoms with van der Waals surface area (Å²) in [5.74, 6) is -1.80. The molecule has 0 saturated heterocycles. The summed E-state index contributed by atoms with van der Waals surface area (Å²) in [6, 6.07) is 6.22. The molecule has 0 aromatic heterocycles. The summed E-state index contributed by atoms with van der Waals surface area (Å²) < 4.78 is 33.4. The van der Waals surface area contributed by atoms with Crippen LogP contribution >= 0.6 is 0 Å². The van der Waals surface area contributed by atoms with E-state index in [2.05, 4.69) is 0 Å². The van der Waals surface area contributed by atoms with Gasteiger partial charge in [-0.05, 0) is 19.1 Å². The average molecular weight is 285 g/mol. The number of carbonyl (C=O) groups excluding carboxylic acids is 2. The molecule has 2 rings (SSSR count). The number of carbonyl (C=O) groups is 2. The maximum Gasteiger partial charge on any atom is 0.261 e. The smallest absolute Gasteiger partial charge is 0.261 e. The van der Waals surface area contributed by atoms with E-state index in [4.69, 9.17) is 4.55 Å². The van der Waals surface area contributed by atoms with Gasteiger partial charge >= 0.3 is 0 Å². The minimum absolute atomic E-state index is 0.230. The maximum atomic E-state index is 14.1. The molecule has 1 N–H and O–H groups in total. The fourth-order valence-corrected chi connectivity index (χ4v) is 2.62. The molecule has 102 valence electrons. The van der Waals surface area contributed by atoms with Gasteiger partial charge in [0.05, 0.1) is 23.4 Å². The lowest BCUT2D eigenvalue weighted by atomic mass is 10.1. The van der Waals surface area contributed by atoms with E-state index in [0.717, 1.165) is 11.8 Å². The van der Waals surface area contributed by atoms with Crippen LogP contribution in [0.15, 0.2) is 24.3 Å². The van der Waals surface area contributed by atoms with Crippen LogP contribution in [-0.4, -0.2) is 43.4 Å². The first-order valence-corrected chi connectivity index (χ1v) is 6.81. The Morgan fingerprint density at radius 3 is 2.16 bits per heavy atom. The number of hydrogen-bond acceptors (Lipinski definition) is 3. The van der Waals surface area contributed by atoms with Crippen molar-refractivity contribution in [3.05, 3.63) is 35.4 Å². The van der Waals surface area contributed by atoms with Crippen molar-refractivity contribution in [2.24, 2.45) is 0 Å². The highest BCUT2D eigenvalue weighted by Crippen LogP contribution is 2.25. The molecule has 2 unspecified atom stereocenters. The van der Waals surface area contributed by atoms with E-state index in [9.17, 15) is 18.2 Å². The summed E-state index contributed by atoms with van der Waals surface area (Å²) in [5.41, 5.74) is -1.64. The molecule has 0 aliphatic carbocycles. The first-order chi connectivity index (χ1) is 8.82. The van der Waals surface area contributed by atoms with Gasteiger partial charge in [-0.1, -0.05) is 12.1 Å². The Kier molecular flexibility index (Phi) is 3.51. The first kappa shape index (κ1) is 13.8. The molecule has 1 aliphatic rings. The fourth-order valence-electron chi connectivity index (χ4n) is 2.02. The lowest BCUT2D eigenvalue weighted by Gasteiger charge is -2.24. The van der Waals surface area contributed by atoms with Gasteiger partial charge in [0.25, 0.3) is 11.8 Å². The fraction of sp³-hybridized carbons (Fsp3) is 0.333. The number of imide groups is 1.